The molecule has 4 heteroatoms. The molecule has 1 saturated heterocycles. The Labute approximate surface area is 137 Å². The first kappa shape index (κ1) is 16.8. The highest BCUT2D eigenvalue weighted by Gasteiger charge is 2.25. The van der Waals surface area contributed by atoms with Gasteiger partial charge < -0.3 is 10.2 Å². The molecular weight excluding hydrogens is 326 g/mol. The maximum Gasteiger partial charge on any atom is 0.0426 e. The van der Waals surface area contributed by atoms with Gasteiger partial charge in [0.15, 0.2) is 0 Å². The molecule has 1 N–H and O–H groups in total. The topological polar surface area (TPSA) is 18.5 Å². The predicted octanol–water partition coefficient (Wildman–Crippen LogP) is 3.65. The molecule has 0 aliphatic carbocycles. The third-order valence-corrected chi connectivity index (χ3v) is 4.97. The van der Waals surface area contributed by atoms with E-state index in [-0.39, 0.29) is 0 Å². The van der Waals surface area contributed by atoms with Crippen LogP contribution >= 0.6 is 15.9 Å². The molecule has 1 aliphatic rings. The van der Waals surface area contributed by atoms with Crippen molar-refractivity contribution in [2.24, 2.45) is 0 Å². The lowest BCUT2D eigenvalue weighted by atomic mass is 10.0. The Hall–Kier alpha value is -0.580. The molecule has 21 heavy (non-hydrogen) atoms. The average Bonchev–Trinajstić information content (AvgIpc) is 2.47. The van der Waals surface area contributed by atoms with Crippen molar-refractivity contribution < 1.29 is 0 Å². The Kier molecular flexibility index (Phi) is 6.08. The molecule has 1 aliphatic heterocycles. The maximum atomic E-state index is 3.63. The van der Waals surface area contributed by atoms with Crippen molar-refractivity contribution in [1.29, 1.82) is 0 Å². The number of rotatable bonds is 5. The summed E-state index contributed by atoms with van der Waals surface area (Å²) in [5.74, 6) is 0. The Bertz CT molecular complexity index is 463. The van der Waals surface area contributed by atoms with Crippen LogP contribution in [0.2, 0.25) is 0 Å². The van der Waals surface area contributed by atoms with Crippen LogP contribution in [-0.2, 0) is 0 Å². The summed E-state index contributed by atoms with van der Waals surface area (Å²) < 4.78 is 1.16. The highest BCUT2D eigenvalue weighted by Crippen LogP contribution is 2.31. The highest BCUT2D eigenvalue weighted by molar-refractivity contribution is 9.10. The lowest BCUT2D eigenvalue weighted by Gasteiger charge is -2.41. The van der Waals surface area contributed by atoms with E-state index < -0.39 is 0 Å². The van der Waals surface area contributed by atoms with Crippen LogP contribution in [0.4, 0.5) is 5.69 Å². The van der Waals surface area contributed by atoms with Crippen molar-refractivity contribution in [3.05, 3.63) is 28.2 Å². The minimum absolute atomic E-state index is 0.387. The van der Waals surface area contributed by atoms with E-state index in [1.54, 1.807) is 0 Å². The van der Waals surface area contributed by atoms with Gasteiger partial charge in [0.2, 0.25) is 0 Å². The Morgan fingerprint density at radius 3 is 2.71 bits per heavy atom. The molecular formula is C17H28BrN3. The Morgan fingerprint density at radius 2 is 2.10 bits per heavy atom. The number of piperazine rings is 1. The molecule has 1 aromatic rings. The minimum Gasteiger partial charge on any atom is -0.368 e. The molecule has 0 bridgehead atoms. The molecule has 3 nitrogen and oxygen atoms in total. The van der Waals surface area contributed by atoms with Crippen molar-refractivity contribution in [2.45, 2.75) is 39.8 Å². The molecule has 2 atom stereocenters. The number of hydrogen-bond acceptors (Lipinski definition) is 3. The largest absolute Gasteiger partial charge is 0.368 e. The smallest absolute Gasteiger partial charge is 0.0426 e. The monoisotopic (exact) mass is 353 g/mol. The Balaban J connectivity index is 2.24. The minimum atomic E-state index is 0.387. The molecule has 0 spiro atoms. The molecule has 0 amide bonds. The van der Waals surface area contributed by atoms with Crippen LogP contribution in [0.5, 0.6) is 0 Å². The van der Waals surface area contributed by atoms with Gasteiger partial charge in [-0.3, -0.25) is 4.90 Å². The van der Waals surface area contributed by atoms with Crippen molar-refractivity contribution in [2.75, 3.05) is 37.6 Å². The van der Waals surface area contributed by atoms with E-state index in [1.165, 1.54) is 11.3 Å². The first-order chi connectivity index (χ1) is 10.1. The maximum absolute atomic E-state index is 3.63. The first-order valence-corrected chi connectivity index (χ1v) is 8.87. The van der Waals surface area contributed by atoms with Gasteiger partial charge in [0.1, 0.15) is 0 Å². The zero-order valence-corrected chi connectivity index (χ0v) is 15.3. The number of hydrogen-bond donors (Lipinski definition) is 1. The van der Waals surface area contributed by atoms with Gasteiger partial charge in [-0.15, -0.1) is 0 Å². The van der Waals surface area contributed by atoms with Crippen molar-refractivity contribution >= 4 is 21.6 Å². The standard InChI is InChI=1S/C17H28BrN3/c1-5-19-14(4)16-8-7-15(18)11-17(16)21-10-9-20(6-2)13(3)12-21/h7-8,11,13-14,19H,5-6,9-10,12H2,1-4H3. The van der Waals surface area contributed by atoms with Crippen LogP contribution in [-0.4, -0.2) is 43.7 Å². The SMILES string of the molecule is CCNC(C)c1ccc(Br)cc1N1CCN(CC)C(C)C1. The van der Waals surface area contributed by atoms with E-state index in [1.807, 2.05) is 0 Å². The highest BCUT2D eigenvalue weighted by atomic mass is 79.9. The molecule has 1 heterocycles. The fraction of sp³-hybridized carbons (Fsp3) is 0.647. The molecule has 0 aromatic heterocycles. The number of nitrogens with one attached hydrogen (secondary N) is 1. The number of halogens is 1. The molecule has 0 radical (unpaired) electrons. The second-order valence-electron chi connectivity index (χ2n) is 5.91. The van der Waals surface area contributed by atoms with Gasteiger partial charge in [-0.2, -0.15) is 0 Å². The Morgan fingerprint density at radius 1 is 1.33 bits per heavy atom. The van der Waals surface area contributed by atoms with Crippen LogP contribution in [0.15, 0.2) is 22.7 Å². The molecule has 118 valence electrons. The summed E-state index contributed by atoms with van der Waals surface area (Å²) in [6.45, 7) is 14.5. The number of nitrogens with zero attached hydrogens (tertiary/aromatic N) is 2. The molecule has 1 aromatic carbocycles. The fourth-order valence-electron chi connectivity index (χ4n) is 3.26. The summed E-state index contributed by atoms with van der Waals surface area (Å²) >= 11 is 3.63. The lowest BCUT2D eigenvalue weighted by molar-refractivity contribution is 0.199. The molecule has 1 fully saturated rings. The zero-order valence-electron chi connectivity index (χ0n) is 13.7. The van der Waals surface area contributed by atoms with E-state index in [4.69, 9.17) is 0 Å². The molecule has 2 rings (SSSR count). The summed E-state index contributed by atoms with van der Waals surface area (Å²) in [6.07, 6.45) is 0. The zero-order chi connectivity index (χ0) is 15.4. The predicted molar refractivity (Wildman–Crippen MR) is 95.2 cm³/mol. The van der Waals surface area contributed by atoms with Crippen LogP contribution in [0.3, 0.4) is 0 Å². The van der Waals surface area contributed by atoms with Crippen LogP contribution in [0, 0.1) is 0 Å². The van der Waals surface area contributed by atoms with Crippen molar-refractivity contribution in [1.82, 2.24) is 10.2 Å². The molecule has 2 unspecified atom stereocenters. The van der Waals surface area contributed by atoms with Gasteiger partial charge in [-0.25, -0.2) is 0 Å². The van der Waals surface area contributed by atoms with Gasteiger partial charge in [0.25, 0.3) is 0 Å². The van der Waals surface area contributed by atoms with E-state index in [0.717, 1.165) is 37.2 Å². The van der Waals surface area contributed by atoms with E-state index in [9.17, 15) is 0 Å². The van der Waals surface area contributed by atoms with Gasteiger partial charge in [0, 0.05) is 41.9 Å². The van der Waals surface area contributed by atoms with Crippen LogP contribution < -0.4 is 10.2 Å². The van der Waals surface area contributed by atoms with Gasteiger partial charge in [0.05, 0.1) is 0 Å². The van der Waals surface area contributed by atoms with Crippen molar-refractivity contribution in [3.63, 3.8) is 0 Å². The average molecular weight is 354 g/mol. The summed E-state index contributed by atoms with van der Waals surface area (Å²) in [7, 11) is 0. The van der Waals surface area contributed by atoms with Crippen LogP contribution in [0.25, 0.3) is 0 Å². The third-order valence-electron chi connectivity index (χ3n) is 4.48. The number of benzene rings is 1. The van der Waals surface area contributed by atoms with E-state index in [0.29, 0.717) is 12.1 Å². The first-order valence-electron chi connectivity index (χ1n) is 8.08. The van der Waals surface area contributed by atoms with Crippen molar-refractivity contribution in [3.8, 4) is 0 Å². The normalized spacial score (nSPS) is 21.6. The molecule has 0 saturated carbocycles. The number of anilines is 1. The summed E-state index contributed by atoms with van der Waals surface area (Å²) in [6, 6.07) is 7.68. The van der Waals surface area contributed by atoms with Gasteiger partial charge in [-0.1, -0.05) is 35.8 Å². The number of likely N-dealkylation sites (N-methyl/N-ethyl adjacent to an activating group) is 1. The second-order valence-corrected chi connectivity index (χ2v) is 6.82. The van der Waals surface area contributed by atoms with Gasteiger partial charge in [-0.05, 0) is 44.6 Å². The van der Waals surface area contributed by atoms with E-state index >= 15 is 0 Å². The van der Waals surface area contributed by atoms with Gasteiger partial charge >= 0.3 is 0 Å². The van der Waals surface area contributed by atoms with Crippen LogP contribution in [0.1, 0.15) is 39.3 Å². The summed E-state index contributed by atoms with van der Waals surface area (Å²) in [5, 5.41) is 3.54. The fourth-order valence-corrected chi connectivity index (χ4v) is 3.61. The third kappa shape index (κ3) is 3.99. The van der Waals surface area contributed by atoms with E-state index in [2.05, 4.69) is 76.9 Å². The summed E-state index contributed by atoms with van der Waals surface area (Å²) in [4.78, 5) is 5.10. The summed E-state index contributed by atoms with van der Waals surface area (Å²) in [5.41, 5.74) is 2.78. The lowest BCUT2D eigenvalue weighted by Crippen LogP contribution is -2.52. The quantitative estimate of drug-likeness (QED) is 0.871. The second kappa shape index (κ2) is 7.61.